The molecule has 3 N–H and O–H groups in total. The summed E-state index contributed by atoms with van der Waals surface area (Å²) in [4.78, 5) is 27.2. The Morgan fingerprint density at radius 1 is 1.04 bits per heavy atom. The summed E-state index contributed by atoms with van der Waals surface area (Å²) in [7, 11) is 1.32. The lowest BCUT2D eigenvalue weighted by Crippen LogP contribution is -2.20. The number of fused-ring (bicyclic) bond motifs is 1. The van der Waals surface area contributed by atoms with Crippen molar-refractivity contribution in [2.24, 2.45) is 0 Å². The average Bonchev–Trinajstić information content (AvgIpc) is 2.95. The van der Waals surface area contributed by atoms with Crippen molar-refractivity contribution in [1.82, 2.24) is 4.98 Å². The van der Waals surface area contributed by atoms with E-state index >= 15 is 0 Å². The minimum absolute atomic E-state index is 0.374. The summed E-state index contributed by atoms with van der Waals surface area (Å²) in [6.07, 6.45) is 0. The van der Waals surface area contributed by atoms with Crippen LogP contribution in [0.3, 0.4) is 0 Å². The van der Waals surface area contributed by atoms with Crippen molar-refractivity contribution in [3.63, 3.8) is 0 Å². The third kappa shape index (κ3) is 3.22. The molecule has 0 atom stereocenters. The van der Waals surface area contributed by atoms with Crippen molar-refractivity contribution in [2.45, 2.75) is 6.92 Å². The summed E-state index contributed by atoms with van der Waals surface area (Å²) in [5, 5.41) is 6.35. The zero-order valence-electron chi connectivity index (χ0n) is 13.3. The molecule has 0 saturated heterocycles. The second-order valence-corrected chi connectivity index (χ2v) is 5.38. The number of methoxy groups -OCH3 is 1. The molecule has 122 valence electrons. The lowest BCUT2D eigenvalue weighted by Gasteiger charge is -2.10. The number of benzene rings is 2. The molecule has 3 aromatic rings. The summed E-state index contributed by atoms with van der Waals surface area (Å²) in [5.74, 6) is -0.456. The molecule has 2 amide bonds. The molecular formula is C18H17N3O3. The molecule has 0 radical (unpaired) electrons. The molecular weight excluding hydrogens is 306 g/mol. The first kappa shape index (κ1) is 15.6. The lowest BCUT2D eigenvalue weighted by atomic mass is 10.1. The number of aromatic nitrogens is 1. The number of aryl methyl sites for hydroxylation is 1. The predicted octanol–water partition coefficient (Wildman–Crippen LogP) is 3.91. The van der Waals surface area contributed by atoms with Gasteiger partial charge in [0.25, 0.3) is 0 Å². The second kappa shape index (κ2) is 6.45. The Bertz CT molecular complexity index is 901. The topological polar surface area (TPSA) is 83.2 Å². The molecule has 0 aliphatic carbocycles. The normalized spacial score (nSPS) is 10.4. The minimum atomic E-state index is -0.456. The Hall–Kier alpha value is -3.28. The minimum Gasteiger partial charge on any atom is -0.465 e. The number of carbonyl (C=O) groups is 2. The van der Waals surface area contributed by atoms with Crippen molar-refractivity contribution < 1.29 is 14.3 Å². The third-order valence-corrected chi connectivity index (χ3v) is 3.56. The smallest absolute Gasteiger partial charge is 0.337 e. The Labute approximate surface area is 138 Å². The van der Waals surface area contributed by atoms with Gasteiger partial charge in [-0.15, -0.1) is 0 Å². The van der Waals surface area contributed by atoms with E-state index in [1.807, 2.05) is 31.2 Å². The maximum absolute atomic E-state index is 12.2. The maximum atomic E-state index is 12.2. The van der Waals surface area contributed by atoms with Crippen molar-refractivity contribution in [3.05, 3.63) is 59.8 Å². The molecule has 0 aliphatic rings. The van der Waals surface area contributed by atoms with E-state index in [9.17, 15) is 9.59 Å². The van der Waals surface area contributed by atoms with Crippen LogP contribution >= 0.6 is 0 Å². The number of hydrogen-bond acceptors (Lipinski definition) is 3. The number of esters is 1. The second-order valence-electron chi connectivity index (χ2n) is 5.38. The first-order valence-electron chi connectivity index (χ1n) is 7.41. The van der Waals surface area contributed by atoms with Crippen LogP contribution in [0.15, 0.2) is 48.5 Å². The molecule has 6 heteroatoms. The summed E-state index contributed by atoms with van der Waals surface area (Å²) < 4.78 is 4.77. The number of para-hydroxylation sites is 1. The first-order valence-corrected chi connectivity index (χ1v) is 7.41. The van der Waals surface area contributed by atoms with Crippen molar-refractivity contribution in [1.29, 1.82) is 0 Å². The van der Waals surface area contributed by atoms with Crippen LogP contribution in [0.4, 0.5) is 16.2 Å². The molecule has 1 aromatic heterocycles. The zero-order chi connectivity index (χ0) is 17.1. The van der Waals surface area contributed by atoms with E-state index in [2.05, 4.69) is 15.6 Å². The van der Waals surface area contributed by atoms with Gasteiger partial charge in [-0.1, -0.05) is 18.2 Å². The fraction of sp³-hybridized carbons (Fsp3) is 0.111. The quantitative estimate of drug-likeness (QED) is 0.639. The van der Waals surface area contributed by atoms with Crippen LogP contribution < -0.4 is 10.6 Å². The van der Waals surface area contributed by atoms with Gasteiger partial charge in [-0.3, -0.25) is 0 Å². The summed E-state index contributed by atoms with van der Waals surface area (Å²) in [6.45, 7) is 1.91. The SMILES string of the molecule is COC(=O)c1cc(NC(=O)Nc2ccccc2)c2[nH]c(C)cc2c1. The van der Waals surface area contributed by atoms with Gasteiger partial charge in [0.1, 0.15) is 0 Å². The van der Waals surface area contributed by atoms with Gasteiger partial charge < -0.3 is 20.4 Å². The fourth-order valence-corrected chi connectivity index (χ4v) is 2.52. The summed E-state index contributed by atoms with van der Waals surface area (Å²) in [6, 6.07) is 13.9. The molecule has 6 nitrogen and oxygen atoms in total. The number of urea groups is 1. The Balaban J connectivity index is 1.92. The number of rotatable bonds is 3. The van der Waals surface area contributed by atoms with Crippen molar-refractivity contribution >= 4 is 34.3 Å². The van der Waals surface area contributed by atoms with Gasteiger partial charge in [0.05, 0.1) is 23.9 Å². The zero-order valence-corrected chi connectivity index (χ0v) is 13.3. The highest BCUT2D eigenvalue weighted by molar-refractivity contribution is 6.07. The van der Waals surface area contributed by atoms with E-state index in [0.717, 1.165) is 16.6 Å². The van der Waals surface area contributed by atoms with Gasteiger partial charge in [-0.2, -0.15) is 0 Å². The molecule has 2 aromatic carbocycles. The molecule has 3 rings (SSSR count). The lowest BCUT2D eigenvalue weighted by molar-refractivity contribution is 0.0601. The summed E-state index contributed by atoms with van der Waals surface area (Å²) >= 11 is 0. The molecule has 24 heavy (non-hydrogen) atoms. The molecule has 0 aliphatic heterocycles. The Kier molecular flexibility index (Phi) is 4.20. The van der Waals surface area contributed by atoms with Crippen molar-refractivity contribution in [3.8, 4) is 0 Å². The molecule has 0 unspecified atom stereocenters. The van der Waals surface area contributed by atoms with Crippen LogP contribution in [0.25, 0.3) is 10.9 Å². The van der Waals surface area contributed by atoms with E-state index in [4.69, 9.17) is 4.74 Å². The number of aromatic amines is 1. The number of amides is 2. The van der Waals surface area contributed by atoms with Gasteiger partial charge in [-0.05, 0) is 37.3 Å². The van der Waals surface area contributed by atoms with E-state index < -0.39 is 12.0 Å². The van der Waals surface area contributed by atoms with Crippen LogP contribution in [-0.4, -0.2) is 24.1 Å². The first-order chi connectivity index (χ1) is 11.6. The molecule has 0 bridgehead atoms. The third-order valence-electron chi connectivity index (χ3n) is 3.56. The maximum Gasteiger partial charge on any atom is 0.337 e. The van der Waals surface area contributed by atoms with Gasteiger partial charge in [0.15, 0.2) is 0 Å². The van der Waals surface area contributed by atoms with Crippen molar-refractivity contribution in [2.75, 3.05) is 17.7 Å². The highest BCUT2D eigenvalue weighted by Crippen LogP contribution is 2.26. The number of ether oxygens (including phenoxy) is 1. The predicted molar refractivity (Wildman–Crippen MR) is 93.5 cm³/mol. The van der Waals surface area contributed by atoms with Gasteiger partial charge >= 0.3 is 12.0 Å². The highest BCUT2D eigenvalue weighted by atomic mass is 16.5. The number of anilines is 2. The molecule has 0 fully saturated rings. The van der Waals surface area contributed by atoms with Crippen LogP contribution in [0.1, 0.15) is 16.1 Å². The average molecular weight is 323 g/mol. The Morgan fingerprint density at radius 2 is 1.79 bits per heavy atom. The highest BCUT2D eigenvalue weighted by Gasteiger charge is 2.14. The summed E-state index contributed by atoms with van der Waals surface area (Å²) in [5.41, 5.74) is 3.24. The van der Waals surface area contributed by atoms with Crippen LogP contribution in [0, 0.1) is 6.92 Å². The standard InChI is InChI=1S/C18H17N3O3/c1-11-8-12-9-13(17(22)24-2)10-15(16(12)19-11)21-18(23)20-14-6-4-3-5-7-14/h3-10,19H,1-2H3,(H2,20,21,23). The van der Waals surface area contributed by atoms with E-state index in [1.54, 1.807) is 24.3 Å². The molecule has 0 saturated carbocycles. The monoisotopic (exact) mass is 323 g/mol. The van der Waals surface area contributed by atoms with Gasteiger partial charge in [0.2, 0.25) is 0 Å². The number of H-pyrrole nitrogens is 1. The fourth-order valence-electron chi connectivity index (χ4n) is 2.52. The van der Waals surface area contributed by atoms with Crippen LogP contribution in [0.2, 0.25) is 0 Å². The van der Waals surface area contributed by atoms with Gasteiger partial charge in [0, 0.05) is 16.8 Å². The number of hydrogen-bond donors (Lipinski definition) is 3. The van der Waals surface area contributed by atoms with E-state index in [-0.39, 0.29) is 0 Å². The number of nitrogens with one attached hydrogen (secondary N) is 3. The largest absolute Gasteiger partial charge is 0.465 e. The van der Waals surface area contributed by atoms with Gasteiger partial charge in [-0.25, -0.2) is 9.59 Å². The molecule has 0 spiro atoms. The van der Waals surface area contributed by atoms with Crippen LogP contribution in [0.5, 0.6) is 0 Å². The van der Waals surface area contributed by atoms with E-state index in [1.165, 1.54) is 7.11 Å². The van der Waals surface area contributed by atoms with E-state index in [0.29, 0.717) is 16.9 Å². The molecule has 1 heterocycles. The van der Waals surface area contributed by atoms with Crippen LogP contribution in [-0.2, 0) is 4.74 Å². The Morgan fingerprint density at radius 3 is 2.50 bits per heavy atom. The number of carbonyl (C=O) groups excluding carboxylic acids is 2.